The number of primary amides is 1. The zero-order valence-electron chi connectivity index (χ0n) is 8.08. The largest absolute Gasteiger partial charge is 0.478 e. The minimum absolute atomic E-state index is 0.0655. The van der Waals surface area contributed by atoms with Crippen molar-refractivity contribution in [1.29, 1.82) is 0 Å². The highest BCUT2D eigenvalue weighted by atomic mass is 35.5. The summed E-state index contributed by atoms with van der Waals surface area (Å²) in [5, 5.41) is 9.33. The SMILES string of the molecule is Cc1cc(C(=O)O)c(CC(N)=O)cc1Cl. The van der Waals surface area contributed by atoms with Crippen LogP contribution in [0.25, 0.3) is 0 Å². The molecule has 1 amide bonds. The van der Waals surface area contributed by atoms with Gasteiger partial charge in [0.1, 0.15) is 0 Å². The van der Waals surface area contributed by atoms with Crippen molar-refractivity contribution in [3.05, 3.63) is 33.8 Å². The number of nitrogens with two attached hydrogens (primary N) is 1. The first-order chi connectivity index (χ1) is 6.91. The van der Waals surface area contributed by atoms with Crippen molar-refractivity contribution in [2.24, 2.45) is 5.73 Å². The van der Waals surface area contributed by atoms with E-state index in [1.165, 1.54) is 12.1 Å². The minimum atomic E-state index is -1.09. The van der Waals surface area contributed by atoms with Crippen LogP contribution >= 0.6 is 11.6 Å². The van der Waals surface area contributed by atoms with E-state index in [9.17, 15) is 9.59 Å². The zero-order chi connectivity index (χ0) is 11.6. The van der Waals surface area contributed by atoms with Gasteiger partial charge in [0, 0.05) is 5.02 Å². The van der Waals surface area contributed by atoms with Gasteiger partial charge in [0.15, 0.2) is 0 Å². The fourth-order valence-electron chi connectivity index (χ4n) is 1.26. The van der Waals surface area contributed by atoms with E-state index in [1.54, 1.807) is 6.92 Å². The van der Waals surface area contributed by atoms with E-state index in [1.807, 2.05) is 0 Å². The van der Waals surface area contributed by atoms with E-state index in [4.69, 9.17) is 22.4 Å². The van der Waals surface area contributed by atoms with Crippen LogP contribution in [0.3, 0.4) is 0 Å². The van der Waals surface area contributed by atoms with Gasteiger partial charge >= 0.3 is 5.97 Å². The molecule has 1 aromatic carbocycles. The molecule has 0 bridgehead atoms. The van der Waals surface area contributed by atoms with E-state index in [0.29, 0.717) is 16.1 Å². The van der Waals surface area contributed by atoms with E-state index >= 15 is 0 Å². The van der Waals surface area contributed by atoms with Crippen LogP contribution in [0.1, 0.15) is 21.5 Å². The molecule has 0 aromatic heterocycles. The molecule has 4 nitrogen and oxygen atoms in total. The van der Waals surface area contributed by atoms with Gasteiger partial charge in [-0.15, -0.1) is 0 Å². The number of carboxylic acid groups (broad SMARTS) is 1. The predicted octanol–water partition coefficient (Wildman–Crippen LogP) is 1.37. The molecule has 0 saturated heterocycles. The molecule has 0 atom stereocenters. The van der Waals surface area contributed by atoms with Crippen molar-refractivity contribution in [2.75, 3.05) is 0 Å². The third-order valence-electron chi connectivity index (χ3n) is 1.98. The second-order valence-corrected chi connectivity index (χ2v) is 3.61. The van der Waals surface area contributed by atoms with Crippen molar-refractivity contribution < 1.29 is 14.7 Å². The second-order valence-electron chi connectivity index (χ2n) is 3.21. The monoisotopic (exact) mass is 227 g/mol. The number of aromatic carboxylic acids is 1. The maximum atomic E-state index is 10.9. The third kappa shape index (κ3) is 2.70. The van der Waals surface area contributed by atoms with E-state index in [2.05, 4.69) is 0 Å². The number of aryl methyl sites for hydroxylation is 1. The van der Waals surface area contributed by atoms with Gasteiger partial charge in [-0.1, -0.05) is 11.6 Å². The number of rotatable bonds is 3. The molecular formula is C10H10ClNO3. The minimum Gasteiger partial charge on any atom is -0.478 e. The Morgan fingerprint density at radius 2 is 2.07 bits per heavy atom. The fourth-order valence-corrected chi connectivity index (χ4v) is 1.44. The molecule has 0 unspecified atom stereocenters. The van der Waals surface area contributed by atoms with Crippen LogP contribution in [-0.2, 0) is 11.2 Å². The summed E-state index contributed by atoms with van der Waals surface area (Å²) in [5.74, 6) is -1.68. The second kappa shape index (κ2) is 4.31. The highest BCUT2D eigenvalue weighted by Crippen LogP contribution is 2.21. The lowest BCUT2D eigenvalue weighted by atomic mass is 10.0. The number of carbonyl (C=O) groups is 2. The van der Waals surface area contributed by atoms with Gasteiger partial charge in [-0.3, -0.25) is 4.79 Å². The highest BCUT2D eigenvalue weighted by Gasteiger charge is 2.13. The summed E-state index contributed by atoms with van der Waals surface area (Å²) in [7, 11) is 0. The van der Waals surface area contributed by atoms with Gasteiger partial charge in [0.05, 0.1) is 12.0 Å². The number of hydrogen-bond acceptors (Lipinski definition) is 2. The van der Waals surface area contributed by atoms with Gasteiger partial charge < -0.3 is 10.8 Å². The summed E-state index contributed by atoms with van der Waals surface area (Å²) in [6.45, 7) is 1.70. The molecule has 0 saturated carbocycles. The summed E-state index contributed by atoms with van der Waals surface area (Å²) in [5.41, 5.74) is 6.07. The predicted molar refractivity (Wildman–Crippen MR) is 56.0 cm³/mol. The molecule has 0 fully saturated rings. The quantitative estimate of drug-likeness (QED) is 0.819. The molecule has 0 spiro atoms. The number of benzene rings is 1. The smallest absolute Gasteiger partial charge is 0.335 e. The van der Waals surface area contributed by atoms with Crippen molar-refractivity contribution in [3.8, 4) is 0 Å². The Morgan fingerprint density at radius 1 is 1.47 bits per heavy atom. The Bertz CT molecular complexity index is 429. The molecule has 0 radical (unpaired) electrons. The van der Waals surface area contributed by atoms with E-state index in [-0.39, 0.29) is 12.0 Å². The summed E-state index contributed by atoms with van der Waals surface area (Å²) in [6, 6.07) is 2.90. The summed E-state index contributed by atoms with van der Waals surface area (Å²) in [6.07, 6.45) is -0.123. The number of halogens is 1. The lowest BCUT2D eigenvalue weighted by Crippen LogP contribution is -2.16. The van der Waals surface area contributed by atoms with Gasteiger partial charge in [0.2, 0.25) is 5.91 Å². The van der Waals surface area contributed by atoms with Crippen LogP contribution < -0.4 is 5.73 Å². The first kappa shape index (κ1) is 11.5. The summed E-state index contributed by atoms with van der Waals surface area (Å²) >= 11 is 5.83. The molecule has 0 heterocycles. The maximum Gasteiger partial charge on any atom is 0.335 e. The van der Waals surface area contributed by atoms with E-state index < -0.39 is 11.9 Å². The van der Waals surface area contributed by atoms with E-state index in [0.717, 1.165) is 0 Å². The van der Waals surface area contributed by atoms with Crippen molar-refractivity contribution in [1.82, 2.24) is 0 Å². The molecule has 0 aliphatic carbocycles. The highest BCUT2D eigenvalue weighted by molar-refractivity contribution is 6.31. The van der Waals surface area contributed by atoms with Crippen LogP contribution in [-0.4, -0.2) is 17.0 Å². The van der Waals surface area contributed by atoms with Gasteiger partial charge in [-0.25, -0.2) is 4.79 Å². The molecule has 0 aliphatic heterocycles. The first-order valence-electron chi connectivity index (χ1n) is 4.22. The standard InChI is InChI=1S/C10H10ClNO3/c1-5-2-7(10(14)15)6(3-8(5)11)4-9(12)13/h2-3H,4H2,1H3,(H2,12,13)(H,14,15). The average Bonchev–Trinajstić information content (AvgIpc) is 2.09. The van der Waals surface area contributed by atoms with Gasteiger partial charge in [-0.2, -0.15) is 0 Å². The van der Waals surface area contributed by atoms with Crippen LogP contribution in [0.2, 0.25) is 5.02 Å². The number of amides is 1. The van der Waals surface area contributed by atoms with Crippen molar-refractivity contribution >= 4 is 23.5 Å². The van der Waals surface area contributed by atoms with Gasteiger partial charge in [-0.05, 0) is 30.2 Å². The Morgan fingerprint density at radius 3 is 2.53 bits per heavy atom. The van der Waals surface area contributed by atoms with Crippen LogP contribution in [0, 0.1) is 6.92 Å². The molecule has 5 heteroatoms. The number of carbonyl (C=O) groups excluding carboxylic acids is 1. The first-order valence-corrected chi connectivity index (χ1v) is 4.60. The van der Waals surface area contributed by atoms with Crippen LogP contribution in [0.4, 0.5) is 0 Å². The molecule has 1 aromatic rings. The summed E-state index contributed by atoms with van der Waals surface area (Å²) in [4.78, 5) is 21.6. The van der Waals surface area contributed by atoms with Crippen molar-refractivity contribution in [3.63, 3.8) is 0 Å². The lowest BCUT2D eigenvalue weighted by Gasteiger charge is -2.07. The normalized spacial score (nSPS) is 10.0. The molecule has 3 N–H and O–H groups in total. The van der Waals surface area contributed by atoms with Crippen LogP contribution in [0.15, 0.2) is 12.1 Å². The Labute approximate surface area is 91.7 Å². The molecule has 1 rings (SSSR count). The van der Waals surface area contributed by atoms with Crippen molar-refractivity contribution in [2.45, 2.75) is 13.3 Å². The third-order valence-corrected chi connectivity index (χ3v) is 2.39. The molecule has 15 heavy (non-hydrogen) atoms. The Balaban J connectivity index is 3.28. The maximum absolute atomic E-state index is 10.9. The fraction of sp³-hybridized carbons (Fsp3) is 0.200. The van der Waals surface area contributed by atoms with Gasteiger partial charge in [0.25, 0.3) is 0 Å². The Kier molecular flexibility index (Phi) is 3.31. The molecule has 0 aliphatic rings. The topological polar surface area (TPSA) is 80.4 Å². The molecular weight excluding hydrogens is 218 g/mol. The molecule has 80 valence electrons. The summed E-state index contributed by atoms with van der Waals surface area (Å²) < 4.78 is 0. The lowest BCUT2D eigenvalue weighted by molar-refractivity contribution is -0.117. The zero-order valence-corrected chi connectivity index (χ0v) is 8.84. The number of hydrogen-bond donors (Lipinski definition) is 2. The van der Waals surface area contributed by atoms with Crippen LogP contribution in [0.5, 0.6) is 0 Å². The number of carboxylic acids is 1. The average molecular weight is 228 g/mol. The Hall–Kier alpha value is -1.55.